The van der Waals surface area contributed by atoms with E-state index in [-0.39, 0.29) is 0 Å². The summed E-state index contributed by atoms with van der Waals surface area (Å²) < 4.78 is 7.52. The molecule has 4 heteroatoms. The lowest BCUT2D eigenvalue weighted by molar-refractivity contribution is 0.0852. The van der Waals surface area contributed by atoms with Gasteiger partial charge in [-0.05, 0) is 25.8 Å². The molecular weight excluding hydrogens is 190 g/mol. The number of rotatable bonds is 5. The topological polar surface area (TPSA) is 39.1 Å². The molecule has 0 aliphatic heterocycles. The number of ether oxygens (including phenoxy) is 1. The van der Waals surface area contributed by atoms with Crippen molar-refractivity contribution in [1.29, 1.82) is 0 Å². The fraction of sp³-hybridized carbons (Fsp3) is 0.727. The van der Waals surface area contributed by atoms with Crippen LogP contribution in [0.15, 0.2) is 12.4 Å². The first kappa shape index (κ1) is 10.5. The Bertz CT molecular complexity index is 305. The van der Waals surface area contributed by atoms with Crippen molar-refractivity contribution in [2.24, 2.45) is 7.05 Å². The van der Waals surface area contributed by atoms with E-state index in [0.29, 0.717) is 12.1 Å². The molecule has 0 spiro atoms. The zero-order valence-electron chi connectivity index (χ0n) is 9.44. The summed E-state index contributed by atoms with van der Waals surface area (Å²) in [5.74, 6) is 0.886. The molecule has 2 rings (SSSR count). The fourth-order valence-electron chi connectivity index (χ4n) is 1.83. The summed E-state index contributed by atoms with van der Waals surface area (Å²) in [6, 6.07) is 0.659. The summed E-state index contributed by atoms with van der Waals surface area (Å²) in [4.78, 5) is 0. The van der Waals surface area contributed by atoms with Gasteiger partial charge in [-0.2, -0.15) is 5.10 Å². The van der Waals surface area contributed by atoms with Gasteiger partial charge in [0, 0.05) is 13.1 Å². The van der Waals surface area contributed by atoms with Crippen LogP contribution in [0, 0.1) is 0 Å². The van der Waals surface area contributed by atoms with Gasteiger partial charge in [0.15, 0.2) is 5.75 Å². The minimum Gasteiger partial charge on any atom is -0.487 e. The van der Waals surface area contributed by atoms with Crippen molar-refractivity contribution in [1.82, 2.24) is 15.1 Å². The monoisotopic (exact) mass is 209 g/mol. The van der Waals surface area contributed by atoms with Crippen molar-refractivity contribution in [3.63, 3.8) is 0 Å². The zero-order valence-corrected chi connectivity index (χ0v) is 9.44. The Morgan fingerprint density at radius 2 is 2.40 bits per heavy atom. The Morgan fingerprint density at radius 3 is 3.00 bits per heavy atom. The highest BCUT2D eigenvalue weighted by Crippen LogP contribution is 2.25. The van der Waals surface area contributed by atoms with Gasteiger partial charge in [0.05, 0.1) is 12.4 Å². The first-order valence-electron chi connectivity index (χ1n) is 5.66. The predicted octanol–water partition coefficient (Wildman–Crippen LogP) is 1.33. The Balaban J connectivity index is 1.67. The molecule has 1 N–H and O–H groups in total. The Hall–Kier alpha value is -1.03. The second kappa shape index (κ2) is 4.66. The van der Waals surface area contributed by atoms with Crippen molar-refractivity contribution in [2.75, 3.05) is 6.54 Å². The molecule has 1 heterocycles. The summed E-state index contributed by atoms with van der Waals surface area (Å²) in [5.41, 5.74) is 0. The van der Waals surface area contributed by atoms with Gasteiger partial charge in [0.25, 0.3) is 0 Å². The fourth-order valence-corrected chi connectivity index (χ4v) is 1.83. The van der Waals surface area contributed by atoms with Crippen molar-refractivity contribution in [3.05, 3.63) is 12.4 Å². The molecule has 0 unspecified atom stereocenters. The smallest absolute Gasteiger partial charge is 0.157 e. The third-order valence-corrected chi connectivity index (χ3v) is 2.76. The van der Waals surface area contributed by atoms with E-state index < -0.39 is 0 Å². The number of nitrogens with one attached hydrogen (secondary N) is 1. The highest BCUT2D eigenvalue weighted by molar-refractivity contribution is 5.12. The molecule has 84 valence electrons. The van der Waals surface area contributed by atoms with Crippen molar-refractivity contribution < 1.29 is 4.74 Å². The average Bonchev–Trinajstić information content (AvgIpc) is 2.55. The molecule has 15 heavy (non-hydrogen) atoms. The van der Waals surface area contributed by atoms with Crippen LogP contribution in [0.3, 0.4) is 0 Å². The van der Waals surface area contributed by atoms with Crippen LogP contribution in [0.4, 0.5) is 0 Å². The number of hydrogen-bond donors (Lipinski definition) is 1. The minimum absolute atomic E-state index is 0.378. The molecule has 1 aromatic rings. The predicted molar refractivity (Wildman–Crippen MR) is 58.9 cm³/mol. The van der Waals surface area contributed by atoms with E-state index in [1.807, 2.05) is 13.2 Å². The van der Waals surface area contributed by atoms with Gasteiger partial charge in [0.2, 0.25) is 0 Å². The van der Waals surface area contributed by atoms with Crippen molar-refractivity contribution >= 4 is 0 Å². The largest absolute Gasteiger partial charge is 0.487 e. The maximum atomic E-state index is 5.76. The summed E-state index contributed by atoms with van der Waals surface area (Å²) >= 11 is 0. The van der Waals surface area contributed by atoms with Crippen molar-refractivity contribution in [2.45, 2.75) is 38.3 Å². The lowest BCUT2D eigenvalue weighted by Crippen LogP contribution is -2.46. The van der Waals surface area contributed by atoms with Crippen LogP contribution in [0.1, 0.15) is 26.2 Å². The van der Waals surface area contributed by atoms with Gasteiger partial charge in [-0.15, -0.1) is 0 Å². The van der Waals surface area contributed by atoms with E-state index in [9.17, 15) is 0 Å². The Kier molecular flexibility index (Phi) is 3.26. The second-order valence-electron chi connectivity index (χ2n) is 4.21. The summed E-state index contributed by atoms with van der Waals surface area (Å²) in [7, 11) is 1.90. The quantitative estimate of drug-likeness (QED) is 0.795. The zero-order chi connectivity index (χ0) is 10.7. The van der Waals surface area contributed by atoms with E-state index >= 15 is 0 Å². The van der Waals surface area contributed by atoms with E-state index in [1.165, 1.54) is 6.42 Å². The molecule has 1 fully saturated rings. The van der Waals surface area contributed by atoms with E-state index in [4.69, 9.17) is 4.74 Å². The van der Waals surface area contributed by atoms with E-state index in [1.54, 1.807) is 10.9 Å². The van der Waals surface area contributed by atoms with Gasteiger partial charge >= 0.3 is 0 Å². The molecule has 0 aromatic carbocycles. The SMILES string of the molecule is CCCNC1CC(Oc2cnn(C)c2)C1. The molecule has 0 atom stereocenters. The van der Waals surface area contributed by atoms with Crippen LogP contribution in [-0.4, -0.2) is 28.5 Å². The highest BCUT2D eigenvalue weighted by Gasteiger charge is 2.30. The molecular formula is C11H19N3O. The molecule has 1 aliphatic carbocycles. The minimum atomic E-state index is 0.378. The summed E-state index contributed by atoms with van der Waals surface area (Å²) in [5, 5.41) is 7.56. The molecule has 0 amide bonds. The van der Waals surface area contributed by atoms with E-state index in [2.05, 4.69) is 17.3 Å². The average molecular weight is 209 g/mol. The molecule has 0 bridgehead atoms. The second-order valence-corrected chi connectivity index (χ2v) is 4.21. The van der Waals surface area contributed by atoms with Crippen LogP contribution in [0.25, 0.3) is 0 Å². The van der Waals surface area contributed by atoms with Crippen LogP contribution < -0.4 is 10.1 Å². The number of nitrogens with zero attached hydrogens (tertiary/aromatic N) is 2. The lowest BCUT2D eigenvalue weighted by atomic mass is 9.89. The van der Waals surface area contributed by atoms with Gasteiger partial charge in [-0.25, -0.2) is 0 Å². The van der Waals surface area contributed by atoms with Gasteiger partial charge in [0.1, 0.15) is 6.10 Å². The van der Waals surface area contributed by atoms with Crippen LogP contribution >= 0.6 is 0 Å². The Morgan fingerprint density at radius 1 is 1.60 bits per heavy atom. The van der Waals surface area contributed by atoms with Crippen molar-refractivity contribution in [3.8, 4) is 5.75 Å². The summed E-state index contributed by atoms with van der Waals surface area (Å²) in [6.07, 6.45) is 7.50. The number of hydrogen-bond acceptors (Lipinski definition) is 3. The molecule has 0 saturated heterocycles. The molecule has 1 saturated carbocycles. The maximum Gasteiger partial charge on any atom is 0.157 e. The van der Waals surface area contributed by atoms with Crippen LogP contribution in [-0.2, 0) is 7.05 Å². The highest BCUT2D eigenvalue weighted by atomic mass is 16.5. The summed E-state index contributed by atoms with van der Waals surface area (Å²) in [6.45, 7) is 3.31. The third kappa shape index (κ3) is 2.72. The molecule has 1 aromatic heterocycles. The number of aryl methyl sites for hydroxylation is 1. The van der Waals surface area contributed by atoms with Crippen LogP contribution in [0.5, 0.6) is 5.75 Å². The maximum absolute atomic E-state index is 5.76. The molecule has 1 aliphatic rings. The van der Waals surface area contributed by atoms with Gasteiger partial charge in [-0.1, -0.05) is 6.92 Å². The first-order chi connectivity index (χ1) is 7.28. The Labute approximate surface area is 90.6 Å². The molecule has 4 nitrogen and oxygen atoms in total. The van der Waals surface area contributed by atoms with Crippen LogP contribution in [0.2, 0.25) is 0 Å². The normalized spacial score (nSPS) is 24.9. The van der Waals surface area contributed by atoms with Gasteiger partial charge in [-0.3, -0.25) is 4.68 Å². The van der Waals surface area contributed by atoms with E-state index in [0.717, 1.165) is 25.1 Å². The first-order valence-corrected chi connectivity index (χ1v) is 5.66. The number of aromatic nitrogens is 2. The lowest BCUT2D eigenvalue weighted by Gasteiger charge is -2.35. The van der Waals surface area contributed by atoms with Gasteiger partial charge < -0.3 is 10.1 Å². The standard InChI is InChI=1S/C11H19N3O/c1-3-4-12-9-5-10(6-9)15-11-7-13-14(2)8-11/h7-10,12H,3-6H2,1-2H3. The third-order valence-electron chi connectivity index (χ3n) is 2.76. The molecule has 0 radical (unpaired) electrons.